The number of carboxylic acid groups (broad SMARTS) is 1. The maximum atomic E-state index is 13.0. The van der Waals surface area contributed by atoms with Crippen molar-refractivity contribution in [3.8, 4) is 5.75 Å². The Morgan fingerprint density at radius 1 is 1.28 bits per heavy atom. The zero-order valence-corrected chi connectivity index (χ0v) is 18.9. The van der Waals surface area contributed by atoms with Gasteiger partial charge in [0.2, 0.25) is 0 Å². The average Bonchev–Trinajstić information content (AvgIpc) is 2.73. The number of rotatable bonds is 7. The molecule has 0 aliphatic carbocycles. The highest BCUT2D eigenvalue weighted by molar-refractivity contribution is 9.10. The van der Waals surface area contributed by atoms with E-state index in [-0.39, 0.29) is 17.2 Å². The number of nitro groups is 1. The SMILES string of the molecule is CC(C)c1nc2ccc(Br)cc2c(=O)n1N=Cc1ccc(O[C@H](C)C(=O)O)c([N+](=O)[O-])c1. The highest BCUT2D eigenvalue weighted by Gasteiger charge is 2.21. The third-order valence-corrected chi connectivity index (χ3v) is 5.00. The smallest absolute Gasteiger partial charge is 0.344 e. The summed E-state index contributed by atoms with van der Waals surface area (Å²) >= 11 is 3.34. The number of carboxylic acids is 1. The number of hydrogen-bond acceptors (Lipinski definition) is 7. The number of carbonyl (C=O) groups is 1. The van der Waals surface area contributed by atoms with E-state index < -0.39 is 22.7 Å². The van der Waals surface area contributed by atoms with Gasteiger partial charge in [0.1, 0.15) is 5.82 Å². The van der Waals surface area contributed by atoms with Gasteiger partial charge < -0.3 is 9.84 Å². The molecule has 1 aromatic heterocycles. The molecule has 0 aliphatic rings. The number of fused-ring (bicyclic) bond motifs is 1. The van der Waals surface area contributed by atoms with Gasteiger partial charge in [0.15, 0.2) is 11.9 Å². The third kappa shape index (κ3) is 4.83. The van der Waals surface area contributed by atoms with Crippen molar-refractivity contribution in [1.82, 2.24) is 9.66 Å². The predicted molar refractivity (Wildman–Crippen MR) is 122 cm³/mol. The molecule has 3 aromatic rings. The first-order valence-electron chi connectivity index (χ1n) is 9.53. The second-order valence-electron chi connectivity index (χ2n) is 7.23. The van der Waals surface area contributed by atoms with Gasteiger partial charge >= 0.3 is 11.7 Å². The van der Waals surface area contributed by atoms with Gasteiger partial charge in [0.25, 0.3) is 5.56 Å². The van der Waals surface area contributed by atoms with Gasteiger partial charge in [-0.1, -0.05) is 29.8 Å². The highest BCUT2D eigenvalue weighted by Crippen LogP contribution is 2.28. The summed E-state index contributed by atoms with van der Waals surface area (Å²) in [7, 11) is 0. The van der Waals surface area contributed by atoms with E-state index in [9.17, 15) is 19.7 Å². The van der Waals surface area contributed by atoms with Gasteiger partial charge in [-0.3, -0.25) is 14.9 Å². The fraction of sp³-hybridized carbons (Fsp3) is 0.238. The minimum Gasteiger partial charge on any atom is -0.479 e. The monoisotopic (exact) mass is 502 g/mol. The fourth-order valence-electron chi connectivity index (χ4n) is 2.87. The zero-order valence-electron chi connectivity index (χ0n) is 17.4. The van der Waals surface area contributed by atoms with E-state index in [0.717, 1.165) is 4.47 Å². The maximum Gasteiger partial charge on any atom is 0.344 e. The number of halogens is 1. The molecule has 10 nitrogen and oxygen atoms in total. The Balaban J connectivity index is 2.07. The number of hydrogen-bond donors (Lipinski definition) is 1. The van der Waals surface area contributed by atoms with Crippen LogP contribution in [0, 0.1) is 10.1 Å². The van der Waals surface area contributed by atoms with Gasteiger partial charge in [-0.2, -0.15) is 9.78 Å². The first-order valence-corrected chi connectivity index (χ1v) is 10.3. The van der Waals surface area contributed by atoms with Gasteiger partial charge in [0.05, 0.1) is 22.0 Å². The lowest BCUT2D eigenvalue weighted by atomic mass is 10.2. The molecule has 0 radical (unpaired) electrons. The summed E-state index contributed by atoms with van der Waals surface area (Å²) in [6.45, 7) is 5.02. The van der Waals surface area contributed by atoms with Crippen molar-refractivity contribution in [2.45, 2.75) is 32.8 Å². The maximum absolute atomic E-state index is 13.0. The molecule has 32 heavy (non-hydrogen) atoms. The molecule has 0 amide bonds. The second kappa shape index (κ2) is 9.27. The lowest BCUT2D eigenvalue weighted by molar-refractivity contribution is -0.386. The average molecular weight is 503 g/mol. The summed E-state index contributed by atoms with van der Waals surface area (Å²) in [6.07, 6.45) is 0.0410. The van der Waals surface area contributed by atoms with Crippen molar-refractivity contribution >= 4 is 44.7 Å². The van der Waals surface area contributed by atoms with E-state index >= 15 is 0 Å². The van der Waals surface area contributed by atoms with E-state index in [1.807, 2.05) is 13.8 Å². The van der Waals surface area contributed by atoms with Crippen LogP contribution in [0.5, 0.6) is 5.75 Å². The number of ether oxygens (including phenoxy) is 1. The number of aromatic nitrogens is 2. The van der Waals surface area contributed by atoms with E-state index in [4.69, 9.17) is 9.84 Å². The van der Waals surface area contributed by atoms with Crippen LogP contribution < -0.4 is 10.3 Å². The van der Waals surface area contributed by atoms with Crippen LogP contribution in [0.2, 0.25) is 0 Å². The predicted octanol–water partition coefficient (Wildman–Crippen LogP) is 3.92. The van der Waals surface area contributed by atoms with Gasteiger partial charge in [-0.15, -0.1) is 0 Å². The van der Waals surface area contributed by atoms with Crippen molar-refractivity contribution in [1.29, 1.82) is 0 Å². The summed E-state index contributed by atoms with van der Waals surface area (Å²) in [4.78, 5) is 39.3. The summed E-state index contributed by atoms with van der Waals surface area (Å²) in [5.41, 5.74) is 0.0704. The lowest BCUT2D eigenvalue weighted by Gasteiger charge is -2.12. The molecule has 1 heterocycles. The largest absolute Gasteiger partial charge is 0.479 e. The molecule has 166 valence electrons. The molecule has 0 fully saturated rings. The van der Waals surface area contributed by atoms with Crippen molar-refractivity contribution in [3.63, 3.8) is 0 Å². The Morgan fingerprint density at radius 3 is 2.62 bits per heavy atom. The van der Waals surface area contributed by atoms with E-state index in [1.165, 1.54) is 36.0 Å². The molecule has 3 rings (SSSR count). The fourth-order valence-corrected chi connectivity index (χ4v) is 3.23. The third-order valence-electron chi connectivity index (χ3n) is 4.50. The second-order valence-corrected chi connectivity index (χ2v) is 8.15. The van der Waals surface area contributed by atoms with E-state index in [1.54, 1.807) is 18.2 Å². The quantitative estimate of drug-likeness (QED) is 0.293. The molecular weight excluding hydrogens is 484 g/mol. The Labute approximate surface area is 190 Å². The van der Waals surface area contributed by atoms with Crippen LogP contribution in [0.15, 0.2) is 50.8 Å². The lowest BCUT2D eigenvalue weighted by Crippen LogP contribution is -2.23. The van der Waals surface area contributed by atoms with Crippen LogP contribution in [-0.4, -0.2) is 38.0 Å². The minimum absolute atomic E-state index is 0.115. The van der Waals surface area contributed by atoms with Crippen LogP contribution in [0.3, 0.4) is 0 Å². The van der Waals surface area contributed by atoms with Crippen molar-refractivity contribution in [2.24, 2.45) is 5.10 Å². The summed E-state index contributed by atoms with van der Waals surface area (Å²) in [5, 5.41) is 25.0. The van der Waals surface area contributed by atoms with Crippen molar-refractivity contribution in [3.05, 3.63) is 72.7 Å². The molecule has 0 unspecified atom stereocenters. The van der Waals surface area contributed by atoms with Gasteiger partial charge in [-0.25, -0.2) is 9.78 Å². The van der Waals surface area contributed by atoms with E-state index in [0.29, 0.717) is 22.3 Å². The molecule has 1 atom stereocenters. The molecule has 11 heteroatoms. The number of nitro benzene ring substituents is 1. The number of nitrogens with zero attached hydrogens (tertiary/aromatic N) is 4. The van der Waals surface area contributed by atoms with Crippen LogP contribution in [-0.2, 0) is 4.79 Å². The first kappa shape index (κ1) is 23.1. The molecule has 0 saturated heterocycles. The Hall–Kier alpha value is -3.60. The summed E-state index contributed by atoms with van der Waals surface area (Å²) in [5.74, 6) is -1.11. The summed E-state index contributed by atoms with van der Waals surface area (Å²) in [6, 6.07) is 9.15. The Kier molecular flexibility index (Phi) is 6.68. The molecule has 0 bridgehead atoms. The molecule has 1 N–H and O–H groups in total. The van der Waals surface area contributed by atoms with E-state index in [2.05, 4.69) is 26.0 Å². The normalized spacial score (nSPS) is 12.4. The zero-order chi connectivity index (χ0) is 23.6. The standard InChI is InChI=1S/C21H19BrN4O6/c1-11(2)19-24-16-6-5-14(22)9-15(16)20(27)25(19)23-10-13-4-7-18(17(8-13)26(30)31)32-12(3)21(28)29/h4-12H,1-3H3,(H,28,29)/t12-/m1/s1. The molecular formula is C21H19BrN4O6. The van der Waals surface area contributed by atoms with Crippen LogP contribution >= 0.6 is 15.9 Å². The first-order chi connectivity index (χ1) is 15.1. The van der Waals surface area contributed by atoms with Gasteiger partial charge in [0, 0.05) is 22.0 Å². The van der Waals surface area contributed by atoms with Gasteiger partial charge in [-0.05, 0) is 37.3 Å². The van der Waals surface area contributed by atoms with Crippen molar-refractivity contribution in [2.75, 3.05) is 0 Å². The highest BCUT2D eigenvalue weighted by atomic mass is 79.9. The van der Waals surface area contributed by atoms with Crippen LogP contribution in [0.25, 0.3) is 10.9 Å². The topological polar surface area (TPSA) is 137 Å². The molecule has 0 aliphatic heterocycles. The minimum atomic E-state index is -1.26. The van der Waals surface area contributed by atoms with Crippen molar-refractivity contribution < 1.29 is 19.6 Å². The molecule has 0 spiro atoms. The van der Waals surface area contributed by atoms with Crippen LogP contribution in [0.1, 0.15) is 38.1 Å². The Bertz CT molecular complexity index is 1300. The van der Waals surface area contributed by atoms with Crippen LogP contribution in [0.4, 0.5) is 5.69 Å². The Morgan fingerprint density at radius 2 is 2.00 bits per heavy atom. The number of benzene rings is 2. The summed E-state index contributed by atoms with van der Waals surface area (Å²) < 4.78 is 7.05. The molecule has 2 aromatic carbocycles. The molecule has 0 saturated carbocycles. The number of aliphatic carboxylic acids is 1.